The summed E-state index contributed by atoms with van der Waals surface area (Å²) >= 11 is 0. The van der Waals surface area contributed by atoms with Gasteiger partial charge >= 0.3 is 5.97 Å². The molecule has 0 aromatic carbocycles. The molecule has 6 nitrogen and oxygen atoms in total. The van der Waals surface area contributed by atoms with Crippen LogP contribution in [0.2, 0.25) is 0 Å². The van der Waals surface area contributed by atoms with Crippen molar-refractivity contribution in [3.8, 4) is 0 Å². The smallest absolute Gasteiger partial charge is 0.313 e. The number of nitrogens with one attached hydrogen (secondary N) is 3. The molecule has 6 heteroatoms. The topological polar surface area (TPSA) is 74.8 Å². The molecule has 0 spiro atoms. The first-order valence-electron chi connectivity index (χ1n) is 3.70. The van der Waals surface area contributed by atoms with Gasteiger partial charge in [-0.15, -0.1) is 10.6 Å². The van der Waals surface area contributed by atoms with Gasteiger partial charge in [0.2, 0.25) is 0 Å². The highest BCUT2D eigenvalue weighted by Crippen LogP contribution is 1.94. The number of rotatable bonds is 3. The maximum absolute atomic E-state index is 11.0. The third kappa shape index (κ3) is 2.75. The van der Waals surface area contributed by atoms with Crippen molar-refractivity contribution in [2.75, 3.05) is 0 Å². The molecule has 3 N–H and O–H groups in total. The summed E-state index contributed by atoms with van der Waals surface area (Å²) in [7, 11) is 0. The van der Waals surface area contributed by atoms with Crippen molar-refractivity contribution in [3.63, 3.8) is 0 Å². The summed E-state index contributed by atoms with van der Waals surface area (Å²) in [5, 5.41) is 3.73. The van der Waals surface area contributed by atoms with E-state index in [9.17, 15) is 4.79 Å². The van der Waals surface area contributed by atoms with E-state index in [-0.39, 0.29) is 18.5 Å². The van der Waals surface area contributed by atoms with Crippen LogP contribution in [0.1, 0.15) is 20.3 Å². The van der Waals surface area contributed by atoms with Gasteiger partial charge in [0.15, 0.2) is 5.84 Å². The Morgan fingerprint density at radius 1 is 1.67 bits per heavy atom. The molecule has 12 heavy (non-hydrogen) atoms. The number of carbonyl (C=O) groups excluding carboxylic acids is 1. The van der Waals surface area contributed by atoms with Crippen LogP contribution < -0.4 is 16.5 Å². The van der Waals surface area contributed by atoms with E-state index in [0.29, 0.717) is 5.84 Å². The first-order valence-corrected chi connectivity index (χ1v) is 3.70. The summed E-state index contributed by atoms with van der Waals surface area (Å²) in [5.74, 6) is 0.238. The number of carbonyl (C=O) groups is 1. The number of nitrogens with zero attached hydrogens (tertiary/aromatic N) is 1. The number of hydrogen-bond acceptors (Lipinski definition) is 6. The summed E-state index contributed by atoms with van der Waals surface area (Å²) in [6.45, 7) is 3.61. The summed E-state index contributed by atoms with van der Waals surface area (Å²) < 4.78 is 4.90. The Kier molecular flexibility index (Phi) is 2.87. The highest BCUT2D eigenvalue weighted by atomic mass is 16.5. The molecular formula is C6H12N4O2. The molecule has 1 aliphatic heterocycles. The van der Waals surface area contributed by atoms with Crippen molar-refractivity contribution >= 4 is 11.8 Å². The van der Waals surface area contributed by atoms with E-state index in [4.69, 9.17) is 4.74 Å². The van der Waals surface area contributed by atoms with E-state index in [2.05, 4.69) is 21.6 Å². The Balaban J connectivity index is 2.26. The minimum atomic E-state index is -0.290. The van der Waals surface area contributed by atoms with Gasteiger partial charge in [-0.3, -0.25) is 10.2 Å². The van der Waals surface area contributed by atoms with Crippen molar-refractivity contribution in [1.29, 1.82) is 0 Å². The van der Waals surface area contributed by atoms with Crippen LogP contribution in [-0.2, 0) is 9.53 Å². The zero-order valence-electron chi connectivity index (χ0n) is 7.05. The van der Waals surface area contributed by atoms with Crippen LogP contribution in [0, 0.1) is 0 Å². The van der Waals surface area contributed by atoms with Crippen molar-refractivity contribution in [2.45, 2.75) is 26.4 Å². The van der Waals surface area contributed by atoms with Gasteiger partial charge < -0.3 is 4.74 Å². The highest BCUT2D eigenvalue weighted by Gasteiger charge is 2.12. The van der Waals surface area contributed by atoms with E-state index < -0.39 is 0 Å². The Bertz CT molecular complexity index is 202. The number of ether oxygens (including phenoxy) is 1. The minimum absolute atomic E-state index is 0.0829. The third-order valence-corrected chi connectivity index (χ3v) is 1.13. The minimum Gasteiger partial charge on any atom is -0.463 e. The lowest BCUT2D eigenvalue weighted by molar-refractivity contribution is -0.145. The van der Waals surface area contributed by atoms with Gasteiger partial charge in [-0.2, -0.15) is 0 Å². The Morgan fingerprint density at radius 2 is 2.42 bits per heavy atom. The molecule has 0 aromatic heterocycles. The lowest BCUT2D eigenvalue weighted by atomic mass is 10.4. The highest BCUT2D eigenvalue weighted by molar-refractivity contribution is 5.97. The van der Waals surface area contributed by atoms with Crippen LogP contribution in [0.15, 0.2) is 5.10 Å². The second-order valence-electron chi connectivity index (χ2n) is 2.64. The van der Waals surface area contributed by atoms with Crippen molar-refractivity contribution < 1.29 is 9.53 Å². The van der Waals surface area contributed by atoms with Crippen LogP contribution in [0.5, 0.6) is 0 Å². The van der Waals surface area contributed by atoms with Crippen LogP contribution in [-0.4, -0.2) is 17.9 Å². The first kappa shape index (κ1) is 8.79. The predicted octanol–water partition coefficient (Wildman–Crippen LogP) is -0.746. The largest absolute Gasteiger partial charge is 0.463 e. The van der Waals surface area contributed by atoms with Gasteiger partial charge in [0.1, 0.15) is 6.42 Å². The van der Waals surface area contributed by atoms with Crippen LogP contribution in [0.4, 0.5) is 0 Å². The number of hydrazine groups is 2. The van der Waals surface area contributed by atoms with E-state index in [1.165, 1.54) is 0 Å². The molecular weight excluding hydrogens is 160 g/mol. The number of hydrogen-bond donors (Lipinski definition) is 3. The molecule has 0 radical (unpaired) electrons. The lowest BCUT2D eigenvalue weighted by Crippen LogP contribution is -2.36. The van der Waals surface area contributed by atoms with E-state index in [0.717, 1.165) is 0 Å². The van der Waals surface area contributed by atoms with Crippen LogP contribution in [0.25, 0.3) is 0 Å². The van der Waals surface area contributed by atoms with Crippen LogP contribution >= 0.6 is 0 Å². The maximum atomic E-state index is 11.0. The standard InChI is InChI=1S/C6H12N4O2/c1-4(2)12-6(11)3-5-7-9-10-8-5/h4,9-10H,3H2,1-2H3,(H,7,8). The molecule has 0 aromatic rings. The molecule has 0 atom stereocenters. The van der Waals surface area contributed by atoms with Crippen molar-refractivity contribution in [2.24, 2.45) is 5.10 Å². The normalized spacial score (nSPS) is 15.1. The molecule has 0 saturated heterocycles. The molecule has 0 amide bonds. The molecule has 0 bridgehead atoms. The van der Waals surface area contributed by atoms with E-state index in [1.54, 1.807) is 13.8 Å². The Labute approximate surface area is 70.3 Å². The molecule has 1 rings (SSSR count). The van der Waals surface area contributed by atoms with E-state index >= 15 is 0 Å². The summed E-state index contributed by atoms with van der Waals surface area (Å²) in [4.78, 5) is 11.0. The van der Waals surface area contributed by atoms with Gasteiger partial charge in [0.05, 0.1) is 6.10 Å². The number of hydrazone groups is 1. The third-order valence-electron chi connectivity index (χ3n) is 1.13. The first-order chi connectivity index (χ1) is 5.68. The fraction of sp³-hybridized carbons (Fsp3) is 0.667. The zero-order chi connectivity index (χ0) is 8.97. The van der Waals surface area contributed by atoms with Crippen LogP contribution in [0.3, 0.4) is 0 Å². The Hall–Kier alpha value is -1.30. The fourth-order valence-electron chi connectivity index (χ4n) is 0.748. The monoisotopic (exact) mass is 172 g/mol. The fourth-order valence-corrected chi connectivity index (χ4v) is 0.748. The summed E-state index contributed by atoms with van der Waals surface area (Å²) in [5.41, 5.74) is 7.62. The average Bonchev–Trinajstić information content (AvgIpc) is 2.37. The number of esters is 1. The molecule has 68 valence electrons. The SMILES string of the molecule is CC(C)OC(=O)CC1=NNNN1. The molecule has 0 aliphatic carbocycles. The van der Waals surface area contributed by atoms with Gasteiger partial charge in [-0.25, -0.2) is 5.53 Å². The molecule has 1 heterocycles. The van der Waals surface area contributed by atoms with E-state index in [1.807, 2.05) is 0 Å². The second-order valence-corrected chi connectivity index (χ2v) is 2.64. The maximum Gasteiger partial charge on any atom is 0.313 e. The van der Waals surface area contributed by atoms with Gasteiger partial charge in [0, 0.05) is 0 Å². The number of amidine groups is 1. The zero-order valence-corrected chi connectivity index (χ0v) is 7.05. The summed E-state index contributed by atoms with van der Waals surface area (Å²) in [6, 6.07) is 0. The molecule has 0 fully saturated rings. The summed E-state index contributed by atoms with van der Waals surface area (Å²) in [6.07, 6.45) is 0.0680. The quantitative estimate of drug-likeness (QED) is 0.489. The van der Waals surface area contributed by atoms with Crippen molar-refractivity contribution in [1.82, 2.24) is 16.5 Å². The molecule has 1 aliphatic rings. The van der Waals surface area contributed by atoms with Gasteiger partial charge in [-0.05, 0) is 13.8 Å². The lowest BCUT2D eigenvalue weighted by Gasteiger charge is -2.06. The predicted molar refractivity (Wildman–Crippen MR) is 42.7 cm³/mol. The van der Waals surface area contributed by atoms with Gasteiger partial charge in [-0.1, -0.05) is 0 Å². The average molecular weight is 172 g/mol. The molecule has 0 unspecified atom stereocenters. The van der Waals surface area contributed by atoms with Gasteiger partial charge in [0.25, 0.3) is 0 Å². The van der Waals surface area contributed by atoms with Crippen molar-refractivity contribution in [3.05, 3.63) is 0 Å². The second kappa shape index (κ2) is 3.91. The molecule has 0 saturated carbocycles. The Morgan fingerprint density at radius 3 is 2.92 bits per heavy atom.